The lowest BCUT2D eigenvalue weighted by Gasteiger charge is -2.27. The minimum Gasteiger partial charge on any atom is -0.508 e. The molecule has 19 heavy (non-hydrogen) atoms. The SMILES string of the molecule is Oc1ccc2cc(Cl)ccc2c1CN1CCNCC1. The van der Waals surface area contributed by atoms with Gasteiger partial charge >= 0.3 is 0 Å². The molecule has 0 aromatic heterocycles. The van der Waals surface area contributed by atoms with E-state index in [0.29, 0.717) is 5.75 Å². The second-order valence-corrected chi connectivity index (χ2v) is 5.39. The first-order valence-electron chi connectivity index (χ1n) is 6.57. The fraction of sp³-hybridized carbons (Fsp3) is 0.333. The van der Waals surface area contributed by atoms with Gasteiger partial charge in [-0.2, -0.15) is 0 Å². The molecule has 1 saturated heterocycles. The molecule has 4 heteroatoms. The Bertz CT molecular complexity index is 594. The Kier molecular flexibility index (Phi) is 3.60. The van der Waals surface area contributed by atoms with Crippen LogP contribution in [0.2, 0.25) is 5.02 Å². The summed E-state index contributed by atoms with van der Waals surface area (Å²) >= 11 is 6.02. The van der Waals surface area contributed by atoms with Crippen LogP contribution in [0.3, 0.4) is 0 Å². The van der Waals surface area contributed by atoms with Crippen molar-refractivity contribution in [2.24, 2.45) is 0 Å². The number of benzene rings is 2. The fourth-order valence-electron chi connectivity index (χ4n) is 2.61. The average molecular weight is 277 g/mol. The second-order valence-electron chi connectivity index (χ2n) is 4.95. The van der Waals surface area contributed by atoms with E-state index in [2.05, 4.69) is 10.2 Å². The summed E-state index contributed by atoms with van der Waals surface area (Å²) in [6, 6.07) is 9.49. The van der Waals surface area contributed by atoms with Crippen LogP contribution in [0.5, 0.6) is 5.75 Å². The number of nitrogens with zero attached hydrogens (tertiary/aromatic N) is 1. The standard InChI is InChI=1S/C15H17ClN2O/c16-12-2-3-13-11(9-12)1-4-15(19)14(13)10-18-7-5-17-6-8-18/h1-4,9,17,19H,5-8,10H2. The van der Waals surface area contributed by atoms with Gasteiger partial charge in [-0.1, -0.05) is 23.7 Å². The first-order valence-corrected chi connectivity index (χ1v) is 6.95. The quantitative estimate of drug-likeness (QED) is 0.885. The summed E-state index contributed by atoms with van der Waals surface area (Å²) in [6.45, 7) is 4.84. The molecular weight excluding hydrogens is 260 g/mol. The Morgan fingerprint density at radius 3 is 2.74 bits per heavy atom. The molecule has 1 aliphatic rings. The monoisotopic (exact) mass is 276 g/mol. The molecule has 0 spiro atoms. The maximum Gasteiger partial charge on any atom is 0.120 e. The zero-order valence-electron chi connectivity index (χ0n) is 10.7. The Morgan fingerprint density at radius 2 is 1.95 bits per heavy atom. The molecule has 0 saturated carbocycles. The number of hydrogen-bond acceptors (Lipinski definition) is 3. The molecule has 1 fully saturated rings. The smallest absolute Gasteiger partial charge is 0.120 e. The summed E-state index contributed by atoms with van der Waals surface area (Å²) in [5.74, 6) is 0.369. The van der Waals surface area contributed by atoms with E-state index in [0.717, 1.165) is 54.1 Å². The van der Waals surface area contributed by atoms with Gasteiger partial charge in [0.15, 0.2) is 0 Å². The lowest BCUT2D eigenvalue weighted by atomic mass is 10.0. The summed E-state index contributed by atoms with van der Waals surface area (Å²) in [5, 5.41) is 16.4. The minimum absolute atomic E-state index is 0.369. The zero-order chi connectivity index (χ0) is 13.2. The van der Waals surface area contributed by atoms with Gasteiger partial charge in [0.05, 0.1) is 0 Å². The number of piperazine rings is 1. The molecular formula is C15H17ClN2O. The highest BCUT2D eigenvalue weighted by molar-refractivity contribution is 6.31. The van der Waals surface area contributed by atoms with E-state index in [1.807, 2.05) is 24.3 Å². The third-order valence-corrected chi connectivity index (χ3v) is 3.90. The molecule has 100 valence electrons. The minimum atomic E-state index is 0.369. The van der Waals surface area contributed by atoms with E-state index in [9.17, 15) is 5.11 Å². The molecule has 2 aromatic carbocycles. The van der Waals surface area contributed by atoms with E-state index >= 15 is 0 Å². The van der Waals surface area contributed by atoms with Crippen molar-refractivity contribution in [3.8, 4) is 5.75 Å². The lowest BCUT2D eigenvalue weighted by molar-refractivity contribution is 0.231. The number of phenols is 1. The highest BCUT2D eigenvalue weighted by Gasteiger charge is 2.14. The Hall–Kier alpha value is -1.29. The Balaban J connectivity index is 1.98. The van der Waals surface area contributed by atoms with Crippen LogP contribution in [0.4, 0.5) is 0 Å². The van der Waals surface area contributed by atoms with Crippen LogP contribution in [0.1, 0.15) is 5.56 Å². The molecule has 2 N–H and O–H groups in total. The van der Waals surface area contributed by atoms with Gasteiger partial charge in [-0.25, -0.2) is 0 Å². The van der Waals surface area contributed by atoms with E-state index < -0.39 is 0 Å². The van der Waals surface area contributed by atoms with Crippen molar-refractivity contribution in [2.75, 3.05) is 26.2 Å². The number of phenolic OH excluding ortho intramolecular Hbond substituents is 1. The number of hydrogen-bond donors (Lipinski definition) is 2. The summed E-state index contributed by atoms with van der Waals surface area (Å²) in [6.07, 6.45) is 0. The van der Waals surface area contributed by atoms with Gasteiger partial charge in [0, 0.05) is 43.3 Å². The maximum atomic E-state index is 10.1. The van der Waals surface area contributed by atoms with Crippen molar-refractivity contribution in [3.63, 3.8) is 0 Å². The van der Waals surface area contributed by atoms with Crippen molar-refractivity contribution in [2.45, 2.75) is 6.54 Å². The molecule has 2 aromatic rings. The predicted molar refractivity (Wildman–Crippen MR) is 78.8 cm³/mol. The molecule has 3 nitrogen and oxygen atoms in total. The van der Waals surface area contributed by atoms with Crippen LogP contribution in [-0.4, -0.2) is 36.2 Å². The topological polar surface area (TPSA) is 35.5 Å². The zero-order valence-corrected chi connectivity index (χ0v) is 11.5. The van der Waals surface area contributed by atoms with Crippen LogP contribution in [0.25, 0.3) is 10.8 Å². The normalized spacial score (nSPS) is 16.9. The van der Waals surface area contributed by atoms with Crippen LogP contribution in [-0.2, 0) is 6.54 Å². The third-order valence-electron chi connectivity index (χ3n) is 3.66. The van der Waals surface area contributed by atoms with Gasteiger partial charge in [-0.3, -0.25) is 4.90 Å². The Labute approximate surface area is 117 Å². The number of halogens is 1. The predicted octanol–water partition coefficient (Wildman–Crippen LogP) is 2.60. The Morgan fingerprint density at radius 1 is 1.16 bits per heavy atom. The van der Waals surface area contributed by atoms with Crippen LogP contribution in [0.15, 0.2) is 30.3 Å². The van der Waals surface area contributed by atoms with Crippen LogP contribution >= 0.6 is 11.6 Å². The van der Waals surface area contributed by atoms with Gasteiger partial charge in [0.25, 0.3) is 0 Å². The summed E-state index contributed by atoms with van der Waals surface area (Å²) < 4.78 is 0. The maximum absolute atomic E-state index is 10.1. The fourth-order valence-corrected chi connectivity index (χ4v) is 2.79. The van der Waals surface area contributed by atoms with Crippen molar-refractivity contribution < 1.29 is 5.11 Å². The molecule has 0 atom stereocenters. The van der Waals surface area contributed by atoms with Gasteiger partial charge in [0.2, 0.25) is 0 Å². The van der Waals surface area contributed by atoms with Crippen molar-refractivity contribution in [1.82, 2.24) is 10.2 Å². The van der Waals surface area contributed by atoms with Gasteiger partial charge in [-0.05, 0) is 29.0 Å². The van der Waals surface area contributed by atoms with Gasteiger partial charge < -0.3 is 10.4 Å². The average Bonchev–Trinajstić information content (AvgIpc) is 2.43. The molecule has 0 bridgehead atoms. The van der Waals surface area contributed by atoms with E-state index in [1.54, 1.807) is 6.07 Å². The molecule has 0 aliphatic carbocycles. The van der Waals surface area contributed by atoms with E-state index in [-0.39, 0.29) is 0 Å². The number of aromatic hydroxyl groups is 1. The van der Waals surface area contributed by atoms with E-state index in [4.69, 9.17) is 11.6 Å². The summed E-state index contributed by atoms with van der Waals surface area (Å²) in [7, 11) is 0. The third kappa shape index (κ3) is 2.68. The number of fused-ring (bicyclic) bond motifs is 1. The van der Waals surface area contributed by atoms with Crippen LogP contribution < -0.4 is 5.32 Å². The van der Waals surface area contributed by atoms with Gasteiger partial charge in [-0.15, -0.1) is 0 Å². The van der Waals surface area contributed by atoms with E-state index in [1.165, 1.54) is 0 Å². The summed E-state index contributed by atoms with van der Waals surface area (Å²) in [5.41, 5.74) is 0.996. The molecule has 0 amide bonds. The molecule has 1 heterocycles. The number of nitrogens with one attached hydrogen (secondary N) is 1. The van der Waals surface area contributed by atoms with Gasteiger partial charge in [0.1, 0.15) is 5.75 Å². The highest BCUT2D eigenvalue weighted by Crippen LogP contribution is 2.30. The molecule has 0 radical (unpaired) electrons. The number of rotatable bonds is 2. The largest absolute Gasteiger partial charge is 0.508 e. The van der Waals surface area contributed by atoms with Crippen molar-refractivity contribution in [1.29, 1.82) is 0 Å². The summed E-state index contributed by atoms with van der Waals surface area (Å²) in [4.78, 5) is 2.36. The van der Waals surface area contributed by atoms with Crippen LogP contribution in [0, 0.1) is 0 Å². The lowest BCUT2D eigenvalue weighted by Crippen LogP contribution is -2.42. The molecule has 3 rings (SSSR count). The van der Waals surface area contributed by atoms with Crippen molar-refractivity contribution in [3.05, 3.63) is 40.9 Å². The first-order chi connectivity index (χ1) is 9.24. The molecule has 1 aliphatic heterocycles. The first kappa shape index (κ1) is 12.7. The van der Waals surface area contributed by atoms with Crippen molar-refractivity contribution >= 4 is 22.4 Å². The highest BCUT2D eigenvalue weighted by atomic mass is 35.5. The molecule has 0 unspecified atom stereocenters. The second kappa shape index (κ2) is 5.37.